The first-order valence-electron chi connectivity index (χ1n) is 13.3. The van der Waals surface area contributed by atoms with E-state index < -0.39 is 28.5 Å². The number of amides is 2. The molecule has 8 nitrogen and oxygen atoms in total. The highest BCUT2D eigenvalue weighted by molar-refractivity contribution is 7.92. The van der Waals surface area contributed by atoms with E-state index in [1.165, 1.54) is 4.90 Å². The van der Waals surface area contributed by atoms with Gasteiger partial charge in [-0.2, -0.15) is 0 Å². The summed E-state index contributed by atoms with van der Waals surface area (Å²) >= 11 is 0. The molecule has 0 aliphatic rings. The van der Waals surface area contributed by atoms with Crippen LogP contribution in [-0.2, 0) is 26.2 Å². The topological polar surface area (TPSA) is 96.0 Å². The molecule has 0 saturated heterocycles. The fourth-order valence-electron chi connectivity index (χ4n) is 4.34. The van der Waals surface area contributed by atoms with Crippen LogP contribution < -0.4 is 14.4 Å². The minimum Gasteiger partial charge on any atom is -0.497 e. The van der Waals surface area contributed by atoms with Gasteiger partial charge >= 0.3 is 0 Å². The molecule has 40 heavy (non-hydrogen) atoms. The van der Waals surface area contributed by atoms with Crippen molar-refractivity contribution in [3.05, 3.63) is 89.0 Å². The van der Waals surface area contributed by atoms with E-state index in [-0.39, 0.29) is 17.3 Å². The third-order valence-electron chi connectivity index (χ3n) is 6.74. The highest BCUT2D eigenvalue weighted by atomic mass is 32.2. The fourth-order valence-corrected chi connectivity index (χ4v) is 5.82. The van der Waals surface area contributed by atoms with Gasteiger partial charge in [-0.25, -0.2) is 8.42 Å². The molecule has 3 aromatic rings. The molecule has 0 aromatic heterocycles. The Kier molecular flexibility index (Phi) is 10.3. The Morgan fingerprint density at radius 3 is 2.12 bits per heavy atom. The molecule has 2 amide bonds. The van der Waals surface area contributed by atoms with Crippen molar-refractivity contribution in [3.63, 3.8) is 0 Å². The van der Waals surface area contributed by atoms with Gasteiger partial charge in [-0.1, -0.05) is 54.4 Å². The van der Waals surface area contributed by atoms with Gasteiger partial charge < -0.3 is 15.0 Å². The molecule has 0 spiro atoms. The Hall–Kier alpha value is -3.85. The second-order valence-electron chi connectivity index (χ2n) is 9.95. The van der Waals surface area contributed by atoms with Crippen LogP contribution in [0.1, 0.15) is 42.5 Å². The van der Waals surface area contributed by atoms with E-state index in [1.807, 2.05) is 52.0 Å². The molecule has 0 saturated carbocycles. The molecule has 0 unspecified atom stereocenters. The van der Waals surface area contributed by atoms with E-state index in [0.717, 1.165) is 33.0 Å². The molecule has 9 heteroatoms. The lowest BCUT2D eigenvalue weighted by atomic mass is 10.1. The third kappa shape index (κ3) is 7.41. The first-order valence-corrected chi connectivity index (χ1v) is 14.8. The molecule has 1 N–H and O–H groups in total. The van der Waals surface area contributed by atoms with Crippen molar-refractivity contribution < 1.29 is 22.7 Å². The van der Waals surface area contributed by atoms with Crippen molar-refractivity contribution in [1.29, 1.82) is 0 Å². The van der Waals surface area contributed by atoms with Gasteiger partial charge in [0.1, 0.15) is 18.3 Å². The van der Waals surface area contributed by atoms with Gasteiger partial charge in [-0.15, -0.1) is 0 Å². The van der Waals surface area contributed by atoms with Crippen LogP contribution in [0, 0.1) is 20.8 Å². The van der Waals surface area contributed by atoms with E-state index in [1.54, 1.807) is 56.5 Å². The highest BCUT2D eigenvalue weighted by Gasteiger charge is 2.33. The lowest BCUT2D eigenvalue weighted by Crippen LogP contribution is -2.51. The van der Waals surface area contributed by atoms with Crippen LogP contribution in [-0.4, -0.2) is 51.4 Å². The van der Waals surface area contributed by atoms with Crippen LogP contribution in [0.3, 0.4) is 0 Å². The summed E-state index contributed by atoms with van der Waals surface area (Å²) in [4.78, 5) is 28.5. The Bertz CT molecular complexity index is 1420. The van der Waals surface area contributed by atoms with Gasteiger partial charge in [0.05, 0.1) is 17.7 Å². The number of ether oxygens (including phenoxy) is 1. The van der Waals surface area contributed by atoms with Crippen LogP contribution in [0.2, 0.25) is 0 Å². The zero-order chi connectivity index (χ0) is 29.4. The smallest absolute Gasteiger partial charge is 0.264 e. The number of methoxy groups -OCH3 is 1. The number of aryl methyl sites for hydroxylation is 3. The van der Waals surface area contributed by atoms with Crippen molar-refractivity contribution in [2.75, 3.05) is 24.5 Å². The quantitative estimate of drug-likeness (QED) is 0.342. The van der Waals surface area contributed by atoms with E-state index >= 15 is 0 Å². The second kappa shape index (κ2) is 13.5. The molecular weight excluding hydrogens is 526 g/mol. The molecule has 1 atom stereocenters. The van der Waals surface area contributed by atoms with Crippen molar-refractivity contribution >= 4 is 27.5 Å². The standard InChI is InChI=1S/C31H39N3O5S/c1-7-18-32-31(36)25(5)33(20-26-11-13-27(39-6)14-12-26)30(35)21-34(29-17-10-23(3)19-24(29)4)40(37,38)28-15-8-22(2)9-16-28/h8-17,19,25H,7,18,20-21H2,1-6H3,(H,32,36)/t25-/m0/s1. The monoisotopic (exact) mass is 565 g/mol. The average Bonchev–Trinajstić information content (AvgIpc) is 2.93. The number of hydrogen-bond donors (Lipinski definition) is 1. The summed E-state index contributed by atoms with van der Waals surface area (Å²) in [5.74, 6) is -0.130. The summed E-state index contributed by atoms with van der Waals surface area (Å²) in [6.07, 6.45) is 0.750. The second-order valence-corrected chi connectivity index (χ2v) is 11.8. The SMILES string of the molecule is CCCNC(=O)[C@H](C)N(Cc1ccc(OC)cc1)C(=O)CN(c1ccc(C)cc1C)S(=O)(=O)c1ccc(C)cc1. The number of rotatable bonds is 12. The molecule has 0 bridgehead atoms. The number of carbonyl (C=O) groups excluding carboxylic acids is 2. The molecule has 0 radical (unpaired) electrons. The zero-order valence-corrected chi connectivity index (χ0v) is 24.9. The third-order valence-corrected chi connectivity index (χ3v) is 8.51. The number of nitrogens with zero attached hydrogens (tertiary/aromatic N) is 2. The van der Waals surface area contributed by atoms with Crippen molar-refractivity contribution in [2.45, 2.75) is 58.5 Å². The Labute approximate surface area is 238 Å². The number of hydrogen-bond acceptors (Lipinski definition) is 5. The van der Waals surface area contributed by atoms with Gasteiger partial charge in [0.15, 0.2) is 0 Å². The lowest BCUT2D eigenvalue weighted by Gasteiger charge is -2.32. The van der Waals surface area contributed by atoms with Crippen molar-refractivity contribution in [3.8, 4) is 5.75 Å². The van der Waals surface area contributed by atoms with Gasteiger partial charge in [-0.3, -0.25) is 13.9 Å². The van der Waals surface area contributed by atoms with Crippen LogP contribution in [0.15, 0.2) is 71.6 Å². The van der Waals surface area contributed by atoms with E-state index in [9.17, 15) is 18.0 Å². The Morgan fingerprint density at radius 2 is 1.55 bits per heavy atom. The number of anilines is 1. The first kappa shape index (κ1) is 30.7. The van der Waals surface area contributed by atoms with E-state index in [2.05, 4.69) is 5.32 Å². The molecule has 3 aromatic carbocycles. The minimum absolute atomic E-state index is 0.0846. The number of benzene rings is 3. The van der Waals surface area contributed by atoms with Gasteiger partial charge in [0, 0.05) is 13.1 Å². The molecule has 0 heterocycles. The summed E-state index contributed by atoms with van der Waals surface area (Å²) in [5, 5.41) is 2.85. The fraction of sp³-hybridized carbons (Fsp3) is 0.355. The van der Waals surface area contributed by atoms with Gasteiger partial charge in [-0.05, 0) is 75.6 Å². The average molecular weight is 566 g/mol. The number of carbonyl (C=O) groups is 2. The Balaban J connectivity index is 2.04. The summed E-state index contributed by atoms with van der Waals surface area (Å²) in [7, 11) is -2.54. The maximum absolute atomic E-state index is 14.0. The zero-order valence-electron chi connectivity index (χ0n) is 24.1. The lowest BCUT2D eigenvalue weighted by molar-refractivity contribution is -0.139. The summed E-state index contributed by atoms with van der Waals surface area (Å²) < 4.78 is 34.3. The summed E-state index contributed by atoms with van der Waals surface area (Å²) in [5.41, 5.74) is 3.81. The van der Waals surface area contributed by atoms with Gasteiger partial charge in [0.25, 0.3) is 10.0 Å². The maximum Gasteiger partial charge on any atom is 0.264 e. The predicted octanol–water partition coefficient (Wildman–Crippen LogP) is 4.76. The number of sulfonamides is 1. The van der Waals surface area contributed by atoms with E-state index in [0.29, 0.717) is 18.0 Å². The molecule has 0 fully saturated rings. The van der Waals surface area contributed by atoms with Gasteiger partial charge in [0.2, 0.25) is 11.8 Å². The van der Waals surface area contributed by atoms with Crippen LogP contribution in [0.4, 0.5) is 5.69 Å². The molecular formula is C31H39N3O5S. The summed E-state index contributed by atoms with van der Waals surface area (Å²) in [6.45, 7) is 9.35. The number of nitrogens with one attached hydrogen (secondary N) is 1. The molecule has 0 aliphatic heterocycles. The first-order chi connectivity index (χ1) is 19.0. The van der Waals surface area contributed by atoms with Crippen LogP contribution >= 0.6 is 0 Å². The minimum atomic E-state index is -4.11. The van der Waals surface area contributed by atoms with Crippen LogP contribution in [0.5, 0.6) is 5.75 Å². The van der Waals surface area contributed by atoms with Crippen molar-refractivity contribution in [2.24, 2.45) is 0 Å². The largest absolute Gasteiger partial charge is 0.497 e. The highest BCUT2D eigenvalue weighted by Crippen LogP contribution is 2.28. The molecule has 214 valence electrons. The van der Waals surface area contributed by atoms with Crippen molar-refractivity contribution in [1.82, 2.24) is 10.2 Å². The summed E-state index contributed by atoms with van der Waals surface area (Å²) in [6, 6.07) is 18.3. The van der Waals surface area contributed by atoms with E-state index in [4.69, 9.17) is 4.74 Å². The molecule has 0 aliphatic carbocycles. The molecule has 3 rings (SSSR count). The maximum atomic E-state index is 14.0. The predicted molar refractivity (Wildman–Crippen MR) is 158 cm³/mol. The normalized spacial score (nSPS) is 11.9. The van der Waals surface area contributed by atoms with Crippen LogP contribution in [0.25, 0.3) is 0 Å². The Morgan fingerprint density at radius 1 is 0.925 bits per heavy atom.